The number of hydrogen-bond donors (Lipinski definition) is 0. The average Bonchev–Trinajstić information content (AvgIpc) is 2.57. The van der Waals surface area contributed by atoms with E-state index in [0.717, 1.165) is 23.5 Å². The van der Waals surface area contributed by atoms with Crippen molar-refractivity contribution in [3.05, 3.63) is 48.0 Å². The highest BCUT2D eigenvalue weighted by Gasteiger charge is 2.54. The number of rotatable bonds is 2. The molecule has 1 saturated heterocycles. The molecule has 1 aliphatic heterocycles. The summed E-state index contributed by atoms with van der Waals surface area (Å²) in [7, 11) is 0.299. The predicted octanol–water partition coefficient (Wildman–Crippen LogP) is 5.53. The van der Waals surface area contributed by atoms with Crippen molar-refractivity contribution in [1.29, 1.82) is 0 Å². The van der Waals surface area contributed by atoms with Gasteiger partial charge < -0.3 is 4.74 Å². The van der Waals surface area contributed by atoms with Crippen LogP contribution in [0.2, 0.25) is 0 Å². The standard InChI is InChI=1S/C22H29OS/c1-16-8-11-20-21(12-16)23-15-24(22(20,2)3)14-17-9-10-18-6-4-5-7-19(18)13-17/h4-7,9-10,13,16,20-21H,8,11-12,14-15H2,1-3H3/q+1/t16-,20-,21-,24?/m1/s1. The highest BCUT2D eigenvalue weighted by molar-refractivity contribution is 7.97. The molecule has 1 nitrogen and oxygen atoms in total. The van der Waals surface area contributed by atoms with Gasteiger partial charge in [0.1, 0.15) is 10.5 Å². The van der Waals surface area contributed by atoms with Crippen molar-refractivity contribution < 1.29 is 4.74 Å². The van der Waals surface area contributed by atoms with Gasteiger partial charge in [-0.3, -0.25) is 0 Å². The Balaban J connectivity index is 1.55. The molecule has 4 rings (SSSR count). The van der Waals surface area contributed by atoms with E-state index in [9.17, 15) is 0 Å². The zero-order valence-corrected chi connectivity index (χ0v) is 15.9. The lowest BCUT2D eigenvalue weighted by Crippen LogP contribution is -2.55. The van der Waals surface area contributed by atoms with Crippen molar-refractivity contribution in [1.82, 2.24) is 0 Å². The second-order valence-electron chi connectivity index (χ2n) is 8.27. The van der Waals surface area contributed by atoms with Crippen LogP contribution in [0, 0.1) is 11.8 Å². The van der Waals surface area contributed by atoms with E-state index < -0.39 is 0 Å². The molecular weight excluding hydrogens is 312 g/mol. The van der Waals surface area contributed by atoms with E-state index in [1.165, 1.54) is 35.6 Å². The van der Waals surface area contributed by atoms with Crippen LogP contribution < -0.4 is 0 Å². The summed E-state index contributed by atoms with van der Waals surface area (Å²) in [6, 6.07) is 15.7. The number of hydrogen-bond acceptors (Lipinski definition) is 1. The lowest BCUT2D eigenvalue weighted by Gasteiger charge is -2.46. The Morgan fingerprint density at radius 2 is 1.88 bits per heavy atom. The molecule has 0 amide bonds. The van der Waals surface area contributed by atoms with Gasteiger partial charge in [-0.05, 0) is 49.4 Å². The van der Waals surface area contributed by atoms with E-state index >= 15 is 0 Å². The van der Waals surface area contributed by atoms with Gasteiger partial charge >= 0.3 is 0 Å². The quantitative estimate of drug-likeness (QED) is 0.653. The van der Waals surface area contributed by atoms with Crippen LogP contribution in [0.1, 0.15) is 45.6 Å². The summed E-state index contributed by atoms with van der Waals surface area (Å²) < 4.78 is 6.77. The van der Waals surface area contributed by atoms with Gasteiger partial charge in [-0.15, -0.1) is 0 Å². The molecule has 2 fully saturated rings. The lowest BCUT2D eigenvalue weighted by atomic mass is 9.75. The second kappa shape index (κ2) is 6.38. The molecule has 1 unspecified atom stereocenters. The maximum absolute atomic E-state index is 6.37. The van der Waals surface area contributed by atoms with Gasteiger partial charge in [0.2, 0.25) is 5.94 Å². The summed E-state index contributed by atoms with van der Waals surface area (Å²) in [5.74, 6) is 3.69. The van der Waals surface area contributed by atoms with Gasteiger partial charge in [-0.25, -0.2) is 0 Å². The summed E-state index contributed by atoms with van der Waals surface area (Å²) in [5, 5.41) is 2.70. The second-order valence-corrected chi connectivity index (χ2v) is 10.8. The first-order chi connectivity index (χ1) is 11.5. The summed E-state index contributed by atoms with van der Waals surface area (Å²) in [6.07, 6.45) is 4.49. The molecule has 4 atom stereocenters. The molecule has 0 spiro atoms. The number of ether oxygens (including phenoxy) is 1. The molecule has 0 bridgehead atoms. The minimum atomic E-state index is 0.299. The Bertz CT molecular complexity index is 723. The maximum Gasteiger partial charge on any atom is 0.209 e. The third kappa shape index (κ3) is 2.99. The normalized spacial score (nSPS) is 32.5. The molecule has 2 aliphatic rings. The van der Waals surface area contributed by atoms with Crippen LogP contribution in [-0.2, 0) is 21.4 Å². The Morgan fingerprint density at radius 1 is 1.08 bits per heavy atom. The minimum Gasteiger partial charge on any atom is -0.332 e. The highest BCUT2D eigenvalue weighted by Crippen LogP contribution is 2.46. The van der Waals surface area contributed by atoms with Crippen molar-refractivity contribution >= 4 is 21.7 Å². The first-order valence-corrected chi connectivity index (χ1v) is 10.9. The molecule has 0 N–H and O–H groups in total. The Kier molecular flexibility index (Phi) is 4.38. The summed E-state index contributed by atoms with van der Waals surface area (Å²) in [5.41, 5.74) is 1.47. The van der Waals surface area contributed by atoms with Gasteiger partial charge in [-0.1, -0.05) is 49.7 Å². The van der Waals surface area contributed by atoms with Gasteiger partial charge in [0.15, 0.2) is 0 Å². The molecule has 1 saturated carbocycles. The molecule has 0 aromatic heterocycles. The van der Waals surface area contributed by atoms with Crippen molar-refractivity contribution in [2.75, 3.05) is 5.94 Å². The lowest BCUT2D eigenvalue weighted by molar-refractivity contribution is -0.0251. The van der Waals surface area contributed by atoms with Crippen molar-refractivity contribution in [3.63, 3.8) is 0 Å². The third-order valence-corrected chi connectivity index (χ3v) is 9.16. The molecule has 0 radical (unpaired) electrons. The molecule has 1 heterocycles. The van der Waals surface area contributed by atoms with E-state index in [2.05, 4.69) is 63.2 Å². The Morgan fingerprint density at radius 3 is 2.71 bits per heavy atom. The van der Waals surface area contributed by atoms with Crippen LogP contribution in [0.25, 0.3) is 10.8 Å². The molecular formula is C22H29OS+. The van der Waals surface area contributed by atoms with Gasteiger partial charge in [0, 0.05) is 22.4 Å². The summed E-state index contributed by atoms with van der Waals surface area (Å²) in [6.45, 7) is 7.40. The van der Waals surface area contributed by atoms with E-state index in [-0.39, 0.29) is 0 Å². The van der Waals surface area contributed by atoms with Gasteiger partial charge in [-0.2, -0.15) is 0 Å². The van der Waals surface area contributed by atoms with Gasteiger partial charge in [0.05, 0.1) is 6.10 Å². The van der Waals surface area contributed by atoms with E-state index in [1.807, 2.05) is 0 Å². The molecule has 2 aromatic rings. The average molecular weight is 342 g/mol. The van der Waals surface area contributed by atoms with E-state index in [1.54, 1.807) is 0 Å². The number of benzene rings is 2. The number of fused-ring (bicyclic) bond motifs is 2. The predicted molar refractivity (Wildman–Crippen MR) is 105 cm³/mol. The van der Waals surface area contributed by atoms with E-state index in [0.29, 0.717) is 21.7 Å². The SMILES string of the molecule is C[C@@H]1CC[C@@H]2[C@@H](C1)OC[S+](Cc1ccc3ccccc3c1)C2(C)C. The fourth-order valence-corrected chi connectivity index (χ4v) is 6.98. The Hall–Kier alpha value is -0.990. The fraction of sp³-hybridized carbons (Fsp3) is 0.545. The molecule has 24 heavy (non-hydrogen) atoms. The maximum atomic E-state index is 6.37. The van der Waals surface area contributed by atoms with Crippen molar-refractivity contribution in [2.45, 2.75) is 56.6 Å². The van der Waals surface area contributed by atoms with Crippen LogP contribution in [0.5, 0.6) is 0 Å². The zero-order valence-electron chi connectivity index (χ0n) is 15.1. The first-order valence-electron chi connectivity index (χ1n) is 9.31. The van der Waals surface area contributed by atoms with Crippen LogP contribution in [-0.4, -0.2) is 16.8 Å². The topological polar surface area (TPSA) is 9.23 Å². The van der Waals surface area contributed by atoms with Gasteiger partial charge in [0.25, 0.3) is 0 Å². The minimum absolute atomic E-state index is 0.299. The van der Waals surface area contributed by atoms with Crippen molar-refractivity contribution in [2.24, 2.45) is 11.8 Å². The van der Waals surface area contributed by atoms with Crippen LogP contribution in [0.4, 0.5) is 0 Å². The molecule has 2 heteroatoms. The van der Waals surface area contributed by atoms with E-state index in [4.69, 9.17) is 4.74 Å². The van der Waals surface area contributed by atoms with Crippen LogP contribution in [0.3, 0.4) is 0 Å². The third-order valence-electron chi connectivity index (χ3n) is 6.27. The Labute approximate surface area is 149 Å². The fourth-order valence-electron chi connectivity index (χ4n) is 4.60. The van der Waals surface area contributed by atoms with Crippen LogP contribution in [0.15, 0.2) is 42.5 Å². The molecule has 2 aromatic carbocycles. The molecule has 1 aliphatic carbocycles. The smallest absolute Gasteiger partial charge is 0.209 e. The van der Waals surface area contributed by atoms with Crippen molar-refractivity contribution in [3.8, 4) is 0 Å². The summed E-state index contributed by atoms with van der Waals surface area (Å²) in [4.78, 5) is 0. The largest absolute Gasteiger partial charge is 0.332 e. The highest BCUT2D eigenvalue weighted by atomic mass is 32.2. The zero-order chi connectivity index (χ0) is 16.7. The monoisotopic (exact) mass is 341 g/mol. The van der Waals surface area contributed by atoms with Crippen LogP contribution >= 0.6 is 0 Å². The first kappa shape index (κ1) is 16.5. The summed E-state index contributed by atoms with van der Waals surface area (Å²) >= 11 is 0. The molecule has 128 valence electrons.